The Bertz CT molecular complexity index is 1160. The number of aryl methyl sites for hydroxylation is 1. The first-order valence-corrected chi connectivity index (χ1v) is 12.1. The second-order valence-electron chi connectivity index (χ2n) is 8.61. The van der Waals surface area contributed by atoms with Crippen LogP contribution in [0.4, 0.5) is 15.9 Å². The molecule has 3 N–H and O–H groups in total. The molecule has 1 fully saturated rings. The number of thiophene rings is 1. The predicted molar refractivity (Wildman–Crippen MR) is 132 cm³/mol. The number of fused-ring (bicyclic) bond motifs is 1. The van der Waals surface area contributed by atoms with Gasteiger partial charge in [-0.2, -0.15) is 0 Å². The van der Waals surface area contributed by atoms with E-state index in [0.29, 0.717) is 39.6 Å². The van der Waals surface area contributed by atoms with Gasteiger partial charge in [0.1, 0.15) is 28.5 Å². The first kappa shape index (κ1) is 24.3. The fourth-order valence-electron chi connectivity index (χ4n) is 4.43. The molecule has 0 spiro atoms. The van der Waals surface area contributed by atoms with E-state index in [1.807, 2.05) is 6.92 Å². The Morgan fingerprint density at radius 2 is 2.06 bits per heavy atom. The molecule has 0 saturated heterocycles. The summed E-state index contributed by atoms with van der Waals surface area (Å²) >= 11 is 1.23. The largest absolute Gasteiger partial charge is 0.488 e. The average molecular weight is 488 g/mol. The predicted octanol–water partition coefficient (Wildman–Crippen LogP) is 4.25. The van der Waals surface area contributed by atoms with Gasteiger partial charge in [0.05, 0.1) is 28.7 Å². The third-order valence-corrected chi connectivity index (χ3v) is 7.57. The minimum absolute atomic E-state index is 0.00388. The molecular weight excluding hydrogens is 457 g/mol. The number of ether oxygens (including phenoxy) is 2. The molecule has 0 aliphatic heterocycles. The highest BCUT2D eigenvalue weighted by Gasteiger charge is 2.26. The lowest BCUT2D eigenvalue weighted by Crippen LogP contribution is -2.39. The number of primary amides is 1. The van der Waals surface area contributed by atoms with Crippen molar-refractivity contribution in [1.82, 2.24) is 14.9 Å². The fourth-order valence-corrected chi connectivity index (χ4v) is 5.43. The van der Waals surface area contributed by atoms with Crippen LogP contribution in [0.15, 0.2) is 24.5 Å². The van der Waals surface area contributed by atoms with Crippen LogP contribution < -0.4 is 15.8 Å². The maximum Gasteiger partial charge on any atom is 0.259 e. The number of hydrogen-bond donors (Lipinski definition) is 2. The topological polar surface area (TPSA) is 103 Å². The zero-order valence-electron chi connectivity index (χ0n) is 19.6. The molecule has 182 valence electrons. The summed E-state index contributed by atoms with van der Waals surface area (Å²) in [6.45, 7) is 3.43. The van der Waals surface area contributed by atoms with Crippen LogP contribution in [-0.4, -0.2) is 60.2 Å². The van der Waals surface area contributed by atoms with Crippen LogP contribution in [0.5, 0.6) is 5.75 Å². The molecule has 10 heteroatoms. The number of amides is 1. The second kappa shape index (κ2) is 10.6. The summed E-state index contributed by atoms with van der Waals surface area (Å²) in [4.78, 5) is 23.9. The van der Waals surface area contributed by atoms with Gasteiger partial charge in [0.15, 0.2) is 0 Å². The fraction of sp³-hybridized carbons (Fsp3) is 0.458. The van der Waals surface area contributed by atoms with E-state index in [-0.39, 0.29) is 11.9 Å². The van der Waals surface area contributed by atoms with E-state index in [1.54, 1.807) is 13.2 Å². The summed E-state index contributed by atoms with van der Waals surface area (Å²) in [5.74, 6) is 0.0851. The number of methoxy groups -OCH3 is 1. The van der Waals surface area contributed by atoms with Crippen molar-refractivity contribution >= 4 is 39.0 Å². The molecule has 8 nitrogen and oxygen atoms in total. The minimum atomic E-state index is -0.499. The van der Waals surface area contributed by atoms with Crippen LogP contribution in [0.3, 0.4) is 0 Å². The van der Waals surface area contributed by atoms with Gasteiger partial charge in [-0.25, -0.2) is 14.4 Å². The molecular formula is C24H30FN5O3S. The number of likely N-dealkylation sites (N-methyl/N-ethyl adjacent to an activating group) is 1. The van der Waals surface area contributed by atoms with Crippen molar-refractivity contribution in [2.75, 3.05) is 32.6 Å². The maximum atomic E-state index is 14.1. The summed E-state index contributed by atoms with van der Waals surface area (Å²) in [6, 6.07) is 4.91. The van der Waals surface area contributed by atoms with Gasteiger partial charge in [-0.05, 0) is 57.4 Å². The number of hydrogen-bond acceptors (Lipinski definition) is 8. The van der Waals surface area contributed by atoms with Gasteiger partial charge in [-0.3, -0.25) is 4.79 Å². The highest BCUT2D eigenvalue weighted by molar-refractivity contribution is 7.20. The zero-order chi connectivity index (χ0) is 24.2. The van der Waals surface area contributed by atoms with Crippen molar-refractivity contribution in [3.63, 3.8) is 0 Å². The number of nitrogens with zero attached hydrogens (tertiary/aromatic N) is 3. The van der Waals surface area contributed by atoms with Crippen LogP contribution >= 0.6 is 11.3 Å². The molecule has 0 unspecified atom stereocenters. The van der Waals surface area contributed by atoms with Gasteiger partial charge < -0.3 is 25.4 Å². The van der Waals surface area contributed by atoms with Crippen LogP contribution in [0.2, 0.25) is 0 Å². The van der Waals surface area contributed by atoms with Crippen LogP contribution in [0, 0.1) is 12.7 Å². The number of anilines is 2. The highest BCUT2D eigenvalue weighted by atomic mass is 32.1. The van der Waals surface area contributed by atoms with Crippen LogP contribution in [-0.2, 0) is 4.74 Å². The first-order valence-electron chi connectivity index (χ1n) is 11.3. The molecule has 0 atom stereocenters. The lowest BCUT2D eigenvalue weighted by atomic mass is 9.92. The standard InChI is InChI=1S/C24H30FN5O3S/c1-14-20-23(27-13-28-24(20)34-21(14)22(26)31)29-18-9-4-15(25)12-19(18)33-17-7-5-16(6-8-17)30(2)10-11-32-3/h4,9,12-13,16-17H,5-8,10-11H2,1-3H3,(H2,26,31)(H,27,28,29)/t16-,17-. The number of aromatic nitrogens is 2. The third-order valence-electron chi connectivity index (χ3n) is 6.36. The number of carbonyl (C=O) groups is 1. The maximum absolute atomic E-state index is 14.1. The lowest BCUT2D eigenvalue weighted by Gasteiger charge is -2.34. The van der Waals surface area contributed by atoms with E-state index in [4.69, 9.17) is 15.2 Å². The molecule has 1 amide bonds. The molecule has 1 aromatic carbocycles. The number of rotatable bonds is 9. The van der Waals surface area contributed by atoms with Crippen molar-refractivity contribution in [2.24, 2.45) is 5.73 Å². The van der Waals surface area contributed by atoms with Gasteiger partial charge in [0.2, 0.25) is 0 Å². The molecule has 1 aliphatic rings. The summed E-state index contributed by atoms with van der Waals surface area (Å²) in [7, 11) is 3.84. The number of nitrogens with two attached hydrogens (primary N) is 1. The molecule has 4 rings (SSSR count). The Labute approximate surface area is 202 Å². The van der Waals surface area contributed by atoms with Gasteiger partial charge in [0.25, 0.3) is 5.91 Å². The summed E-state index contributed by atoms with van der Waals surface area (Å²) in [6.07, 6.45) is 5.24. The van der Waals surface area contributed by atoms with E-state index in [1.165, 1.54) is 29.8 Å². The van der Waals surface area contributed by atoms with Crippen LogP contribution in [0.25, 0.3) is 10.2 Å². The van der Waals surface area contributed by atoms with E-state index in [2.05, 4.69) is 27.2 Å². The highest BCUT2D eigenvalue weighted by Crippen LogP contribution is 2.37. The molecule has 0 bridgehead atoms. The van der Waals surface area contributed by atoms with Crippen LogP contribution in [0.1, 0.15) is 40.9 Å². The number of benzene rings is 1. The normalized spacial score (nSPS) is 18.4. The zero-order valence-corrected chi connectivity index (χ0v) is 20.5. The minimum Gasteiger partial charge on any atom is -0.488 e. The van der Waals surface area contributed by atoms with Gasteiger partial charge in [0, 0.05) is 25.8 Å². The summed E-state index contributed by atoms with van der Waals surface area (Å²) < 4.78 is 25.6. The number of nitrogens with one attached hydrogen (secondary N) is 1. The molecule has 1 saturated carbocycles. The monoisotopic (exact) mass is 487 g/mol. The van der Waals surface area contributed by atoms with E-state index in [0.717, 1.165) is 43.2 Å². The Balaban J connectivity index is 1.51. The third kappa shape index (κ3) is 5.29. The van der Waals surface area contributed by atoms with Gasteiger partial charge in [-0.15, -0.1) is 11.3 Å². The molecule has 0 radical (unpaired) electrons. The van der Waals surface area contributed by atoms with Crippen molar-refractivity contribution in [1.29, 1.82) is 0 Å². The summed E-state index contributed by atoms with van der Waals surface area (Å²) in [5.41, 5.74) is 6.83. The second-order valence-corrected chi connectivity index (χ2v) is 9.61. The summed E-state index contributed by atoms with van der Waals surface area (Å²) in [5, 5.41) is 3.98. The number of halogens is 1. The van der Waals surface area contributed by atoms with E-state index < -0.39 is 5.91 Å². The van der Waals surface area contributed by atoms with Crippen molar-refractivity contribution < 1.29 is 18.7 Å². The molecule has 2 aromatic heterocycles. The van der Waals surface area contributed by atoms with E-state index in [9.17, 15) is 9.18 Å². The van der Waals surface area contributed by atoms with Crippen molar-refractivity contribution in [2.45, 2.75) is 44.8 Å². The van der Waals surface area contributed by atoms with Gasteiger partial charge in [-0.1, -0.05) is 0 Å². The molecule has 1 aliphatic carbocycles. The van der Waals surface area contributed by atoms with Gasteiger partial charge >= 0.3 is 0 Å². The first-order chi connectivity index (χ1) is 16.4. The van der Waals surface area contributed by atoms with Crippen molar-refractivity contribution in [3.8, 4) is 5.75 Å². The Morgan fingerprint density at radius 1 is 1.29 bits per heavy atom. The molecule has 34 heavy (non-hydrogen) atoms. The molecule has 2 heterocycles. The number of carbonyl (C=O) groups excluding carboxylic acids is 1. The quantitative estimate of drug-likeness (QED) is 0.465. The molecule has 3 aromatic rings. The lowest BCUT2D eigenvalue weighted by molar-refractivity contribution is 0.0831. The SMILES string of the molecule is COCCN(C)[C@H]1CC[C@H](Oc2cc(F)ccc2Nc2ncnc3sc(C(N)=O)c(C)c23)CC1. The van der Waals surface area contributed by atoms with Crippen molar-refractivity contribution in [3.05, 3.63) is 40.8 Å². The smallest absolute Gasteiger partial charge is 0.259 e. The Kier molecular flexibility index (Phi) is 7.60. The Hall–Kier alpha value is -2.82. The van der Waals surface area contributed by atoms with E-state index >= 15 is 0 Å². The Morgan fingerprint density at radius 3 is 2.76 bits per heavy atom. The average Bonchev–Trinajstić information content (AvgIpc) is 3.17.